The average molecular weight is 428 g/mol. The lowest BCUT2D eigenvalue weighted by molar-refractivity contribution is 0.217. The van der Waals surface area contributed by atoms with Crippen molar-refractivity contribution in [1.82, 2.24) is 19.9 Å². The number of nitriles is 1. The first kappa shape index (κ1) is 21.9. The molecule has 0 aliphatic rings. The van der Waals surface area contributed by atoms with Gasteiger partial charge in [-0.2, -0.15) is 5.26 Å². The van der Waals surface area contributed by atoms with Crippen molar-refractivity contribution in [2.45, 2.75) is 27.2 Å². The first-order chi connectivity index (χ1) is 14.6. The molecule has 0 aliphatic heterocycles. The third kappa shape index (κ3) is 4.35. The van der Waals surface area contributed by atoms with Gasteiger partial charge in [-0.1, -0.05) is 32.4 Å². The second-order valence-corrected chi connectivity index (χ2v) is 7.15. The zero-order valence-electron chi connectivity index (χ0n) is 17.8. The topological polar surface area (TPSA) is 87.1 Å². The van der Waals surface area contributed by atoms with Gasteiger partial charge in [-0.05, 0) is 19.2 Å². The molecule has 3 rings (SSSR count). The van der Waals surface area contributed by atoms with Crippen LogP contribution >= 0.6 is 11.6 Å². The number of hydrogen-bond donors (Lipinski definition) is 1. The van der Waals surface area contributed by atoms with E-state index in [-0.39, 0.29) is 0 Å². The number of aryl methyl sites for hydroxylation is 1. The van der Waals surface area contributed by atoms with Crippen LogP contribution in [0.3, 0.4) is 0 Å². The summed E-state index contributed by atoms with van der Waals surface area (Å²) in [6.07, 6.45) is 2.30. The number of nitrogens with zero attached hydrogens (tertiary/aromatic N) is 4. The highest BCUT2D eigenvalue weighted by atomic mass is 35.5. The van der Waals surface area contributed by atoms with Gasteiger partial charge in [-0.25, -0.2) is 9.97 Å². The Balaban J connectivity index is 2.08. The molecular formula is C22H26ClN5O2. The number of benzene rings is 1. The number of aromatic nitrogens is 3. The van der Waals surface area contributed by atoms with Gasteiger partial charge in [0, 0.05) is 30.8 Å². The number of H-pyrrole nitrogens is 1. The van der Waals surface area contributed by atoms with Gasteiger partial charge >= 0.3 is 0 Å². The van der Waals surface area contributed by atoms with Gasteiger partial charge in [0.15, 0.2) is 11.5 Å². The van der Waals surface area contributed by atoms with Crippen LogP contribution in [0.4, 0.5) is 0 Å². The molecule has 0 unspecified atom stereocenters. The van der Waals surface area contributed by atoms with Crippen molar-refractivity contribution in [1.29, 1.82) is 5.26 Å². The number of rotatable bonds is 9. The summed E-state index contributed by atoms with van der Waals surface area (Å²) in [6, 6.07) is 5.75. The zero-order chi connectivity index (χ0) is 21.7. The first-order valence-electron chi connectivity index (χ1n) is 10.1. The van der Waals surface area contributed by atoms with Crippen molar-refractivity contribution in [2.24, 2.45) is 0 Å². The second kappa shape index (κ2) is 9.79. The summed E-state index contributed by atoms with van der Waals surface area (Å²) in [7, 11) is 1.58. The Labute approximate surface area is 181 Å². The molecule has 30 heavy (non-hydrogen) atoms. The molecule has 0 atom stereocenters. The number of halogens is 1. The van der Waals surface area contributed by atoms with E-state index < -0.39 is 0 Å². The third-order valence-corrected chi connectivity index (χ3v) is 5.40. The molecule has 0 saturated heterocycles. The normalized spacial score (nSPS) is 11.1. The maximum Gasteiger partial charge on any atom is 0.162 e. The van der Waals surface area contributed by atoms with E-state index in [1.54, 1.807) is 19.4 Å². The molecule has 0 bridgehead atoms. The van der Waals surface area contributed by atoms with E-state index in [0.717, 1.165) is 19.6 Å². The summed E-state index contributed by atoms with van der Waals surface area (Å²) in [5.41, 5.74) is 2.37. The molecule has 1 N–H and O–H groups in total. The van der Waals surface area contributed by atoms with Crippen molar-refractivity contribution in [3.63, 3.8) is 0 Å². The van der Waals surface area contributed by atoms with E-state index in [0.29, 0.717) is 63.2 Å². The van der Waals surface area contributed by atoms with E-state index in [4.69, 9.17) is 26.1 Å². The van der Waals surface area contributed by atoms with Crippen molar-refractivity contribution in [3.05, 3.63) is 34.7 Å². The first-order valence-corrected chi connectivity index (χ1v) is 10.4. The standard InChI is InChI=1S/C22H26ClN5O2/c1-5-19-26-21(20-14(12-24)13-25-22(20)27-19)15-10-18(17(29-4)11-16(15)23)30-9-8-28(6-2)7-3/h10-11,13H,5-9H2,1-4H3,(H,25,26,27). The largest absolute Gasteiger partial charge is 0.493 e. The van der Waals surface area contributed by atoms with Crippen LogP contribution in [-0.4, -0.2) is 53.2 Å². The van der Waals surface area contributed by atoms with Crippen LogP contribution in [0.5, 0.6) is 11.5 Å². The van der Waals surface area contributed by atoms with Gasteiger partial charge in [0.05, 0.1) is 28.8 Å². The van der Waals surface area contributed by atoms with Gasteiger partial charge in [0.1, 0.15) is 24.1 Å². The average Bonchev–Trinajstić information content (AvgIpc) is 3.19. The maximum absolute atomic E-state index is 9.54. The van der Waals surface area contributed by atoms with Crippen LogP contribution < -0.4 is 9.47 Å². The maximum atomic E-state index is 9.54. The summed E-state index contributed by atoms with van der Waals surface area (Å²) < 4.78 is 11.5. The quantitative estimate of drug-likeness (QED) is 0.543. The van der Waals surface area contributed by atoms with Crippen molar-refractivity contribution in [3.8, 4) is 28.8 Å². The number of nitrogens with one attached hydrogen (secondary N) is 1. The highest BCUT2D eigenvalue weighted by Gasteiger charge is 2.20. The predicted octanol–water partition coefficient (Wildman–Crippen LogP) is 4.44. The summed E-state index contributed by atoms with van der Waals surface area (Å²) in [5.74, 6) is 1.81. The number of methoxy groups -OCH3 is 1. The lowest BCUT2D eigenvalue weighted by Gasteiger charge is -2.19. The van der Waals surface area contributed by atoms with Gasteiger partial charge in [0.2, 0.25) is 0 Å². The number of hydrogen-bond acceptors (Lipinski definition) is 6. The van der Waals surface area contributed by atoms with Gasteiger partial charge in [0.25, 0.3) is 0 Å². The molecule has 0 radical (unpaired) electrons. The Morgan fingerprint density at radius 2 is 1.93 bits per heavy atom. The van der Waals surface area contributed by atoms with Crippen LogP contribution in [0.25, 0.3) is 22.3 Å². The highest BCUT2D eigenvalue weighted by Crippen LogP contribution is 2.40. The van der Waals surface area contributed by atoms with Crippen LogP contribution in [-0.2, 0) is 6.42 Å². The number of likely N-dealkylation sites (N-methyl/N-ethyl adjacent to an activating group) is 1. The lowest BCUT2D eigenvalue weighted by atomic mass is 10.1. The van der Waals surface area contributed by atoms with E-state index in [2.05, 4.69) is 34.8 Å². The second-order valence-electron chi connectivity index (χ2n) is 6.74. The van der Waals surface area contributed by atoms with Gasteiger partial charge < -0.3 is 19.4 Å². The van der Waals surface area contributed by atoms with E-state index in [1.807, 2.05) is 13.0 Å². The fraction of sp³-hybridized carbons (Fsp3) is 0.409. The number of ether oxygens (including phenoxy) is 2. The summed E-state index contributed by atoms with van der Waals surface area (Å²) >= 11 is 6.61. The third-order valence-electron chi connectivity index (χ3n) is 5.08. The van der Waals surface area contributed by atoms with Crippen molar-refractivity contribution >= 4 is 22.6 Å². The smallest absolute Gasteiger partial charge is 0.162 e. The summed E-state index contributed by atoms with van der Waals surface area (Å²) in [5, 5.41) is 10.7. The Bertz CT molecular complexity index is 1070. The van der Waals surface area contributed by atoms with E-state index in [9.17, 15) is 5.26 Å². The molecular weight excluding hydrogens is 402 g/mol. The minimum absolute atomic E-state index is 0.468. The Kier molecular flexibility index (Phi) is 7.14. The molecule has 3 aromatic rings. The van der Waals surface area contributed by atoms with Gasteiger partial charge in [-0.15, -0.1) is 0 Å². The molecule has 1 aromatic carbocycles. The molecule has 8 heteroatoms. The Hall–Kier alpha value is -2.82. The number of fused-ring (bicyclic) bond motifs is 1. The molecule has 0 amide bonds. The highest BCUT2D eigenvalue weighted by molar-refractivity contribution is 6.34. The van der Waals surface area contributed by atoms with E-state index >= 15 is 0 Å². The van der Waals surface area contributed by atoms with Crippen LogP contribution in [0.15, 0.2) is 18.3 Å². The minimum atomic E-state index is 0.468. The monoisotopic (exact) mass is 427 g/mol. The molecule has 0 aliphatic carbocycles. The molecule has 0 fully saturated rings. The summed E-state index contributed by atoms with van der Waals surface area (Å²) in [6.45, 7) is 9.49. The van der Waals surface area contributed by atoms with E-state index in [1.165, 1.54) is 0 Å². The summed E-state index contributed by atoms with van der Waals surface area (Å²) in [4.78, 5) is 14.5. The minimum Gasteiger partial charge on any atom is -0.493 e. The predicted molar refractivity (Wildman–Crippen MR) is 118 cm³/mol. The molecule has 0 saturated carbocycles. The van der Waals surface area contributed by atoms with Crippen molar-refractivity contribution in [2.75, 3.05) is 33.4 Å². The molecule has 7 nitrogen and oxygen atoms in total. The fourth-order valence-corrected chi connectivity index (χ4v) is 3.58. The molecule has 0 spiro atoms. The van der Waals surface area contributed by atoms with Gasteiger partial charge in [-0.3, -0.25) is 0 Å². The SMILES string of the molecule is CCc1nc(-c2cc(OCCN(CC)CC)c(OC)cc2Cl)c2c(C#N)c[nH]c2n1. The molecule has 2 heterocycles. The Morgan fingerprint density at radius 3 is 2.57 bits per heavy atom. The molecule has 158 valence electrons. The number of aromatic amines is 1. The zero-order valence-corrected chi connectivity index (χ0v) is 18.5. The Morgan fingerprint density at radius 1 is 1.17 bits per heavy atom. The van der Waals surface area contributed by atoms with Crippen LogP contribution in [0, 0.1) is 11.3 Å². The van der Waals surface area contributed by atoms with Crippen molar-refractivity contribution < 1.29 is 9.47 Å². The van der Waals surface area contributed by atoms with Crippen LogP contribution in [0.2, 0.25) is 5.02 Å². The molecule has 2 aromatic heterocycles. The lowest BCUT2D eigenvalue weighted by Crippen LogP contribution is -2.27. The fourth-order valence-electron chi connectivity index (χ4n) is 3.33. The van der Waals surface area contributed by atoms with Crippen LogP contribution in [0.1, 0.15) is 32.2 Å².